The van der Waals surface area contributed by atoms with Gasteiger partial charge >= 0.3 is 5.69 Å². The van der Waals surface area contributed by atoms with Crippen molar-refractivity contribution in [3.05, 3.63) is 58.3 Å². The number of aromatic nitrogens is 2. The average Bonchev–Trinajstić information content (AvgIpc) is 2.61. The minimum Gasteiger partial charge on any atom is -0.389 e. The fourth-order valence-electron chi connectivity index (χ4n) is 1.71. The van der Waals surface area contributed by atoms with Crippen LogP contribution >= 0.6 is 12.2 Å². The number of aryl methyl sites for hydroxylation is 1. The SMILES string of the molecule is Cn1ccn(Cc2ccccc2C(N)=S)c1=O. The summed E-state index contributed by atoms with van der Waals surface area (Å²) in [4.78, 5) is 12.1. The first-order chi connectivity index (χ1) is 8.09. The summed E-state index contributed by atoms with van der Waals surface area (Å²) in [6, 6.07) is 7.58. The number of imidazole rings is 1. The molecule has 2 rings (SSSR count). The summed E-state index contributed by atoms with van der Waals surface area (Å²) in [5, 5.41) is 0. The fourth-order valence-corrected chi connectivity index (χ4v) is 1.91. The number of benzene rings is 1. The monoisotopic (exact) mass is 247 g/mol. The molecule has 2 N–H and O–H groups in total. The van der Waals surface area contributed by atoms with Gasteiger partial charge in [0.15, 0.2) is 0 Å². The van der Waals surface area contributed by atoms with Crippen molar-refractivity contribution in [3.63, 3.8) is 0 Å². The molecule has 0 aliphatic carbocycles. The second-order valence-corrected chi connectivity index (χ2v) is 4.28. The molecule has 4 nitrogen and oxygen atoms in total. The van der Waals surface area contributed by atoms with E-state index in [1.807, 2.05) is 24.3 Å². The van der Waals surface area contributed by atoms with Crippen molar-refractivity contribution < 1.29 is 0 Å². The van der Waals surface area contributed by atoms with E-state index in [2.05, 4.69) is 0 Å². The van der Waals surface area contributed by atoms with Gasteiger partial charge in [-0.2, -0.15) is 0 Å². The largest absolute Gasteiger partial charge is 0.389 e. The Balaban J connectivity index is 2.40. The van der Waals surface area contributed by atoms with Crippen LogP contribution in [0.3, 0.4) is 0 Å². The molecule has 17 heavy (non-hydrogen) atoms. The summed E-state index contributed by atoms with van der Waals surface area (Å²) in [7, 11) is 1.72. The van der Waals surface area contributed by atoms with E-state index in [1.54, 1.807) is 24.0 Å². The maximum Gasteiger partial charge on any atom is 0.328 e. The summed E-state index contributed by atoms with van der Waals surface area (Å²) >= 11 is 4.99. The van der Waals surface area contributed by atoms with Gasteiger partial charge < -0.3 is 10.3 Å². The van der Waals surface area contributed by atoms with Crippen LogP contribution in [-0.4, -0.2) is 14.1 Å². The number of hydrogen-bond acceptors (Lipinski definition) is 2. The molecule has 5 heteroatoms. The molecule has 0 aliphatic rings. The third kappa shape index (κ3) is 2.29. The third-order valence-corrected chi connectivity index (χ3v) is 2.86. The van der Waals surface area contributed by atoms with Crippen LogP contribution in [0.5, 0.6) is 0 Å². The van der Waals surface area contributed by atoms with Crippen molar-refractivity contribution in [2.24, 2.45) is 12.8 Å². The number of nitrogens with two attached hydrogens (primary N) is 1. The molecule has 1 aromatic carbocycles. The number of hydrogen-bond donors (Lipinski definition) is 1. The van der Waals surface area contributed by atoms with Crippen molar-refractivity contribution in [3.8, 4) is 0 Å². The van der Waals surface area contributed by atoms with Gasteiger partial charge in [0.1, 0.15) is 4.99 Å². The Labute approximate surface area is 104 Å². The summed E-state index contributed by atoms with van der Waals surface area (Å²) in [6.45, 7) is 0.479. The average molecular weight is 247 g/mol. The highest BCUT2D eigenvalue weighted by Gasteiger charge is 2.06. The van der Waals surface area contributed by atoms with Gasteiger partial charge in [-0.15, -0.1) is 0 Å². The van der Waals surface area contributed by atoms with Gasteiger partial charge in [0.05, 0.1) is 6.54 Å². The molecule has 88 valence electrons. The zero-order valence-corrected chi connectivity index (χ0v) is 10.3. The normalized spacial score (nSPS) is 10.4. The topological polar surface area (TPSA) is 52.9 Å². The Bertz CT molecular complexity index is 612. The zero-order valence-electron chi connectivity index (χ0n) is 9.46. The molecule has 0 radical (unpaired) electrons. The number of nitrogens with zero attached hydrogens (tertiary/aromatic N) is 2. The first-order valence-corrected chi connectivity index (χ1v) is 5.60. The lowest BCUT2D eigenvalue weighted by Gasteiger charge is -2.07. The van der Waals surface area contributed by atoms with Gasteiger partial charge in [-0.3, -0.25) is 4.57 Å². The van der Waals surface area contributed by atoms with Crippen molar-refractivity contribution in [2.75, 3.05) is 0 Å². The molecule has 1 heterocycles. The standard InChI is InChI=1S/C12H13N3OS/c1-14-6-7-15(12(14)16)8-9-4-2-3-5-10(9)11(13)17/h2-7H,8H2,1H3,(H2,13,17). The molecule has 0 unspecified atom stereocenters. The second-order valence-electron chi connectivity index (χ2n) is 3.84. The molecule has 0 bridgehead atoms. The smallest absolute Gasteiger partial charge is 0.328 e. The molecular weight excluding hydrogens is 234 g/mol. The first-order valence-electron chi connectivity index (χ1n) is 5.19. The molecule has 1 aromatic heterocycles. The van der Waals surface area contributed by atoms with Crippen LogP contribution < -0.4 is 11.4 Å². The summed E-state index contributed by atoms with van der Waals surface area (Å²) < 4.78 is 3.15. The van der Waals surface area contributed by atoms with E-state index in [0.717, 1.165) is 11.1 Å². The van der Waals surface area contributed by atoms with Gasteiger partial charge in [0.25, 0.3) is 0 Å². The number of rotatable bonds is 3. The molecule has 0 saturated carbocycles. The Kier molecular flexibility index (Phi) is 3.10. The van der Waals surface area contributed by atoms with Crippen LogP contribution in [0, 0.1) is 0 Å². The van der Waals surface area contributed by atoms with Crippen molar-refractivity contribution in [1.29, 1.82) is 0 Å². The quantitative estimate of drug-likeness (QED) is 0.819. The van der Waals surface area contributed by atoms with Crippen LogP contribution in [0.1, 0.15) is 11.1 Å². The van der Waals surface area contributed by atoms with E-state index in [9.17, 15) is 4.79 Å². The van der Waals surface area contributed by atoms with Crippen LogP contribution in [-0.2, 0) is 13.6 Å². The molecule has 0 atom stereocenters. The molecule has 2 aromatic rings. The predicted octanol–water partition coefficient (Wildman–Crippen LogP) is 0.869. The lowest BCUT2D eigenvalue weighted by atomic mass is 10.1. The highest BCUT2D eigenvalue weighted by molar-refractivity contribution is 7.80. The van der Waals surface area contributed by atoms with Gasteiger partial charge in [-0.25, -0.2) is 4.79 Å². The minimum absolute atomic E-state index is 0.0530. The molecule has 0 aliphatic heterocycles. The van der Waals surface area contributed by atoms with Crippen LogP contribution in [0.15, 0.2) is 41.5 Å². The first kappa shape index (κ1) is 11.6. The van der Waals surface area contributed by atoms with Gasteiger partial charge in [-0.1, -0.05) is 36.5 Å². The summed E-state index contributed by atoms with van der Waals surface area (Å²) in [5.74, 6) is 0. The molecule has 0 saturated heterocycles. The lowest BCUT2D eigenvalue weighted by molar-refractivity contribution is 0.717. The van der Waals surface area contributed by atoms with Crippen molar-refractivity contribution in [1.82, 2.24) is 9.13 Å². The summed E-state index contributed by atoms with van der Waals surface area (Å²) in [6.07, 6.45) is 3.48. The lowest BCUT2D eigenvalue weighted by Crippen LogP contribution is -2.23. The highest BCUT2D eigenvalue weighted by atomic mass is 32.1. The molecule has 0 spiro atoms. The number of thiocarbonyl (C=S) groups is 1. The molecule has 0 fully saturated rings. The highest BCUT2D eigenvalue weighted by Crippen LogP contribution is 2.09. The van der Waals surface area contributed by atoms with E-state index in [-0.39, 0.29) is 5.69 Å². The Morgan fingerprint density at radius 2 is 2.06 bits per heavy atom. The van der Waals surface area contributed by atoms with Crippen molar-refractivity contribution in [2.45, 2.75) is 6.54 Å². The zero-order chi connectivity index (χ0) is 12.4. The molecule has 0 amide bonds. The minimum atomic E-state index is -0.0530. The van der Waals surface area contributed by atoms with E-state index in [0.29, 0.717) is 11.5 Å². The maximum absolute atomic E-state index is 11.7. The van der Waals surface area contributed by atoms with Gasteiger partial charge in [0.2, 0.25) is 0 Å². The Hall–Kier alpha value is -1.88. The van der Waals surface area contributed by atoms with Crippen molar-refractivity contribution >= 4 is 17.2 Å². The van der Waals surface area contributed by atoms with E-state index < -0.39 is 0 Å². The van der Waals surface area contributed by atoms with E-state index >= 15 is 0 Å². The molecular formula is C12H13N3OS. The fraction of sp³-hybridized carbons (Fsp3) is 0.167. The Morgan fingerprint density at radius 1 is 1.35 bits per heavy atom. The second kappa shape index (κ2) is 4.55. The van der Waals surface area contributed by atoms with Crippen LogP contribution in [0.2, 0.25) is 0 Å². The van der Waals surface area contributed by atoms with Crippen LogP contribution in [0.4, 0.5) is 0 Å². The van der Waals surface area contributed by atoms with Crippen LogP contribution in [0.25, 0.3) is 0 Å². The summed E-state index contributed by atoms with van der Waals surface area (Å²) in [5.41, 5.74) is 7.37. The maximum atomic E-state index is 11.7. The van der Waals surface area contributed by atoms with Gasteiger partial charge in [0, 0.05) is 25.0 Å². The Morgan fingerprint density at radius 3 is 2.65 bits per heavy atom. The third-order valence-electron chi connectivity index (χ3n) is 2.64. The van der Waals surface area contributed by atoms with Gasteiger partial charge in [-0.05, 0) is 5.56 Å². The van der Waals surface area contributed by atoms with E-state index in [1.165, 1.54) is 4.57 Å². The predicted molar refractivity (Wildman–Crippen MR) is 71.1 cm³/mol. The van der Waals surface area contributed by atoms with E-state index in [4.69, 9.17) is 18.0 Å².